The largest absolute Gasteiger partial charge is 0.359 e. The van der Waals surface area contributed by atoms with E-state index in [0.717, 1.165) is 27.7 Å². The van der Waals surface area contributed by atoms with Gasteiger partial charge in [0.2, 0.25) is 0 Å². The Morgan fingerprint density at radius 2 is 1.52 bits per heavy atom. The Balaban J connectivity index is 1.81. The molecule has 5 aromatic rings. The molecule has 3 heteroatoms. The molecule has 0 saturated heterocycles. The summed E-state index contributed by atoms with van der Waals surface area (Å²) in [6, 6.07) is 19.3. The Morgan fingerprint density at radius 3 is 2.39 bits per heavy atom. The van der Waals surface area contributed by atoms with E-state index in [-0.39, 0.29) is 5.82 Å². The Bertz CT molecular complexity index is 1160. The van der Waals surface area contributed by atoms with Crippen molar-refractivity contribution in [1.29, 1.82) is 0 Å². The standard InChI is InChI=1S/C20H13FN2/c21-15-5-1-12(2-6-15)14-4-8-18-17(11-14)16-7-3-13-9-10-22-19(13)20(16)23-18/h1-11,22-23H. The number of fused-ring (bicyclic) bond motifs is 5. The van der Waals surface area contributed by atoms with Crippen LogP contribution in [-0.4, -0.2) is 9.97 Å². The van der Waals surface area contributed by atoms with Crippen LogP contribution in [0.3, 0.4) is 0 Å². The van der Waals surface area contributed by atoms with Crippen molar-refractivity contribution in [1.82, 2.24) is 9.97 Å². The molecule has 2 N–H and O–H groups in total. The minimum absolute atomic E-state index is 0.212. The molecule has 0 aliphatic rings. The summed E-state index contributed by atoms with van der Waals surface area (Å²) < 4.78 is 13.1. The summed E-state index contributed by atoms with van der Waals surface area (Å²) in [5, 5.41) is 3.57. The van der Waals surface area contributed by atoms with Crippen LogP contribution in [0.15, 0.2) is 66.9 Å². The van der Waals surface area contributed by atoms with Crippen molar-refractivity contribution in [3.05, 3.63) is 72.7 Å². The molecule has 2 nitrogen and oxygen atoms in total. The molecule has 110 valence electrons. The molecule has 5 rings (SSSR count). The Labute approximate surface area is 131 Å². The van der Waals surface area contributed by atoms with Crippen LogP contribution in [0.1, 0.15) is 0 Å². The molecule has 0 aliphatic heterocycles. The molecule has 3 aromatic carbocycles. The first kappa shape index (κ1) is 12.5. The van der Waals surface area contributed by atoms with E-state index in [2.05, 4.69) is 46.4 Å². The number of halogens is 1. The first-order valence-corrected chi connectivity index (χ1v) is 7.57. The van der Waals surface area contributed by atoms with Crippen molar-refractivity contribution in [2.75, 3.05) is 0 Å². The minimum atomic E-state index is -0.212. The van der Waals surface area contributed by atoms with Crippen LogP contribution >= 0.6 is 0 Å². The van der Waals surface area contributed by atoms with Gasteiger partial charge in [0.05, 0.1) is 11.0 Å². The molecule has 0 bridgehead atoms. The van der Waals surface area contributed by atoms with Crippen LogP contribution in [0.5, 0.6) is 0 Å². The van der Waals surface area contributed by atoms with E-state index in [1.165, 1.54) is 28.3 Å². The van der Waals surface area contributed by atoms with Gasteiger partial charge in [-0.1, -0.05) is 30.3 Å². The van der Waals surface area contributed by atoms with Crippen molar-refractivity contribution in [2.45, 2.75) is 0 Å². The highest BCUT2D eigenvalue weighted by atomic mass is 19.1. The lowest BCUT2D eigenvalue weighted by Gasteiger charge is -2.02. The molecular weight excluding hydrogens is 287 g/mol. The van der Waals surface area contributed by atoms with E-state index in [1.807, 2.05) is 18.3 Å². The zero-order chi connectivity index (χ0) is 15.4. The van der Waals surface area contributed by atoms with Crippen molar-refractivity contribution in [3.8, 4) is 11.1 Å². The van der Waals surface area contributed by atoms with Crippen LogP contribution < -0.4 is 0 Å². The molecular formula is C20H13FN2. The second-order valence-corrected chi connectivity index (χ2v) is 5.82. The number of hydrogen-bond donors (Lipinski definition) is 2. The molecule has 2 aromatic heterocycles. The highest BCUT2D eigenvalue weighted by Crippen LogP contribution is 2.33. The van der Waals surface area contributed by atoms with Gasteiger partial charge in [0.1, 0.15) is 5.82 Å². The van der Waals surface area contributed by atoms with E-state index in [1.54, 1.807) is 0 Å². The molecule has 0 radical (unpaired) electrons. The fourth-order valence-corrected chi connectivity index (χ4v) is 3.31. The fourth-order valence-electron chi connectivity index (χ4n) is 3.31. The summed E-state index contributed by atoms with van der Waals surface area (Å²) in [5.74, 6) is -0.212. The number of rotatable bonds is 1. The van der Waals surface area contributed by atoms with Crippen molar-refractivity contribution in [2.24, 2.45) is 0 Å². The van der Waals surface area contributed by atoms with E-state index in [0.29, 0.717) is 0 Å². The van der Waals surface area contributed by atoms with Crippen LogP contribution in [0.2, 0.25) is 0 Å². The molecule has 0 saturated carbocycles. The predicted octanol–water partition coefficient (Wildman–Crippen LogP) is 5.61. The van der Waals surface area contributed by atoms with Gasteiger partial charge in [-0.3, -0.25) is 0 Å². The number of H-pyrrole nitrogens is 2. The molecule has 2 heterocycles. The smallest absolute Gasteiger partial charge is 0.123 e. The third-order valence-corrected chi connectivity index (χ3v) is 4.48. The molecule has 0 aliphatic carbocycles. The van der Waals surface area contributed by atoms with E-state index >= 15 is 0 Å². The average molecular weight is 300 g/mol. The maximum absolute atomic E-state index is 13.1. The van der Waals surface area contributed by atoms with Gasteiger partial charge in [0.25, 0.3) is 0 Å². The number of nitrogens with one attached hydrogen (secondary N) is 2. The zero-order valence-electron chi connectivity index (χ0n) is 12.2. The maximum atomic E-state index is 13.1. The second-order valence-electron chi connectivity index (χ2n) is 5.82. The molecule has 0 spiro atoms. The maximum Gasteiger partial charge on any atom is 0.123 e. The summed E-state index contributed by atoms with van der Waals surface area (Å²) in [5.41, 5.74) is 5.46. The molecule has 0 fully saturated rings. The van der Waals surface area contributed by atoms with Gasteiger partial charge in [0.15, 0.2) is 0 Å². The SMILES string of the molecule is Fc1ccc(-c2ccc3[nH]c4c(ccc5cc[nH]c54)c3c2)cc1. The van der Waals surface area contributed by atoms with Gasteiger partial charge in [0, 0.05) is 27.9 Å². The summed E-state index contributed by atoms with van der Waals surface area (Å²) in [6.45, 7) is 0. The number of hydrogen-bond acceptors (Lipinski definition) is 0. The molecule has 23 heavy (non-hydrogen) atoms. The fraction of sp³-hybridized carbons (Fsp3) is 0. The van der Waals surface area contributed by atoms with Gasteiger partial charge < -0.3 is 9.97 Å². The zero-order valence-corrected chi connectivity index (χ0v) is 12.2. The molecule has 0 atom stereocenters. The van der Waals surface area contributed by atoms with Gasteiger partial charge in [-0.05, 0) is 41.5 Å². The summed E-state index contributed by atoms with van der Waals surface area (Å²) in [6.07, 6.45) is 1.96. The predicted molar refractivity (Wildman–Crippen MR) is 93.1 cm³/mol. The summed E-state index contributed by atoms with van der Waals surface area (Å²) >= 11 is 0. The van der Waals surface area contributed by atoms with E-state index in [9.17, 15) is 4.39 Å². The van der Waals surface area contributed by atoms with Crippen molar-refractivity contribution >= 4 is 32.7 Å². The molecule has 0 unspecified atom stereocenters. The first-order chi connectivity index (χ1) is 11.3. The third kappa shape index (κ3) is 1.80. The van der Waals surface area contributed by atoms with E-state index in [4.69, 9.17) is 0 Å². The van der Waals surface area contributed by atoms with Crippen molar-refractivity contribution in [3.63, 3.8) is 0 Å². The van der Waals surface area contributed by atoms with Gasteiger partial charge >= 0.3 is 0 Å². The summed E-state index contributed by atoms with van der Waals surface area (Å²) in [4.78, 5) is 6.81. The third-order valence-electron chi connectivity index (χ3n) is 4.48. The van der Waals surface area contributed by atoms with Gasteiger partial charge in [-0.2, -0.15) is 0 Å². The van der Waals surface area contributed by atoms with Crippen molar-refractivity contribution < 1.29 is 4.39 Å². The van der Waals surface area contributed by atoms with Crippen LogP contribution in [0.25, 0.3) is 43.8 Å². The number of aromatic amines is 2. The Hall–Kier alpha value is -3.07. The average Bonchev–Trinajstić information content (AvgIpc) is 3.18. The van der Waals surface area contributed by atoms with Crippen LogP contribution in [-0.2, 0) is 0 Å². The first-order valence-electron chi connectivity index (χ1n) is 7.57. The highest BCUT2D eigenvalue weighted by molar-refractivity contribution is 6.16. The minimum Gasteiger partial charge on any atom is -0.359 e. The summed E-state index contributed by atoms with van der Waals surface area (Å²) in [7, 11) is 0. The second kappa shape index (κ2) is 4.46. The normalized spacial score (nSPS) is 11.7. The number of benzene rings is 3. The monoisotopic (exact) mass is 300 g/mol. The lowest BCUT2D eigenvalue weighted by molar-refractivity contribution is 0.628. The lowest BCUT2D eigenvalue weighted by atomic mass is 10.0. The number of aromatic nitrogens is 2. The van der Waals surface area contributed by atoms with Crippen LogP contribution in [0.4, 0.5) is 4.39 Å². The Morgan fingerprint density at radius 1 is 0.696 bits per heavy atom. The van der Waals surface area contributed by atoms with Gasteiger partial charge in [-0.15, -0.1) is 0 Å². The van der Waals surface area contributed by atoms with Crippen LogP contribution in [0, 0.1) is 5.82 Å². The quantitative estimate of drug-likeness (QED) is 0.403. The molecule has 0 amide bonds. The highest BCUT2D eigenvalue weighted by Gasteiger charge is 2.09. The topological polar surface area (TPSA) is 31.6 Å². The Kier molecular flexibility index (Phi) is 2.42. The lowest BCUT2D eigenvalue weighted by Crippen LogP contribution is -1.79. The van der Waals surface area contributed by atoms with E-state index < -0.39 is 0 Å². The van der Waals surface area contributed by atoms with Gasteiger partial charge in [-0.25, -0.2) is 4.39 Å².